The summed E-state index contributed by atoms with van der Waals surface area (Å²) in [6.45, 7) is 3.78. The summed E-state index contributed by atoms with van der Waals surface area (Å²) in [5.41, 5.74) is 1.47. The molecule has 0 saturated carbocycles. The molecule has 1 heterocycles. The first-order valence-electron chi connectivity index (χ1n) is 7.23. The molecule has 0 radical (unpaired) electrons. The van der Waals surface area contributed by atoms with Gasteiger partial charge >= 0.3 is 0 Å². The highest BCUT2D eigenvalue weighted by Crippen LogP contribution is 2.21. The highest BCUT2D eigenvalue weighted by atomic mass is 79.9. The van der Waals surface area contributed by atoms with Gasteiger partial charge in [0.05, 0.1) is 0 Å². The first-order valence-corrected chi connectivity index (χ1v) is 8.35. The fraction of sp³-hybridized carbons (Fsp3) is 0.625. The lowest BCUT2D eigenvalue weighted by Gasteiger charge is -2.28. The van der Waals surface area contributed by atoms with Crippen LogP contribution in [0.25, 0.3) is 0 Å². The quantitative estimate of drug-likeness (QED) is 0.744. The summed E-state index contributed by atoms with van der Waals surface area (Å²) in [6.07, 6.45) is 7.03. The lowest BCUT2D eigenvalue weighted by Crippen LogP contribution is -2.32. The monoisotopic (exact) mass is 309 g/mol. The van der Waals surface area contributed by atoms with Crippen LogP contribution < -0.4 is 0 Å². The Kier molecular flexibility index (Phi) is 6.22. The minimum atomic E-state index is 0.630. The Hall–Kier alpha value is -0.340. The zero-order valence-electron chi connectivity index (χ0n) is 11.2. The second-order valence-electron chi connectivity index (χ2n) is 5.33. The summed E-state index contributed by atoms with van der Waals surface area (Å²) in [6, 6.07) is 10.9. The first kappa shape index (κ1) is 14.1. The van der Waals surface area contributed by atoms with Crippen LogP contribution in [0, 0.1) is 0 Å². The molecule has 0 bridgehead atoms. The zero-order chi connectivity index (χ0) is 12.6. The molecule has 0 aromatic heterocycles. The topological polar surface area (TPSA) is 3.24 Å². The molecular weight excluding hydrogens is 286 g/mol. The standard InChI is InChI=1S/C16H24BrN/c17-13-16(15-9-5-4-6-10-15)14-18-11-7-2-1-3-8-12-18/h4-6,9-10,16H,1-3,7-8,11-14H2. The molecule has 1 unspecified atom stereocenters. The van der Waals surface area contributed by atoms with Crippen LogP contribution in [0.5, 0.6) is 0 Å². The first-order chi connectivity index (χ1) is 8.90. The van der Waals surface area contributed by atoms with Crippen molar-refractivity contribution >= 4 is 15.9 Å². The average molecular weight is 310 g/mol. The van der Waals surface area contributed by atoms with Gasteiger partial charge in [-0.1, -0.05) is 65.5 Å². The number of benzene rings is 1. The predicted molar refractivity (Wildman–Crippen MR) is 82.5 cm³/mol. The SMILES string of the molecule is BrCC(CN1CCCCCCC1)c1ccccc1. The molecule has 1 aromatic carbocycles. The minimum Gasteiger partial charge on any atom is -0.303 e. The molecule has 1 fully saturated rings. The number of halogens is 1. The van der Waals surface area contributed by atoms with Crippen molar-refractivity contribution in [1.29, 1.82) is 0 Å². The van der Waals surface area contributed by atoms with E-state index in [4.69, 9.17) is 0 Å². The van der Waals surface area contributed by atoms with Crippen molar-refractivity contribution in [2.24, 2.45) is 0 Å². The average Bonchev–Trinajstić information content (AvgIpc) is 2.39. The van der Waals surface area contributed by atoms with Gasteiger partial charge in [-0.15, -0.1) is 0 Å². The number of likely N-dealkylation sites (tertiary alicyclic amines) is 1. The Morgan fingerprint density at radius 2 is 1.56 bits per heavy atom. The second-order valence-corrected chi connectivity index (χ2v) is 5.98. The molecular formula is C16H24BrN. The summed E-state index contributed by atoms with van der Waals surface area (Å²) < 4.78 is 0. The maximum atomic E-state index is 3.69. The fourth-order valence-electron chi connectivity index (χ4n) is 2.78. The summed E-state index contributed by atoms with van der Waals surface area (Å²) in [4.78, 5) is 2.66. The van der Waals surface area contributed by atoms with Gasteiger partial charge in [0, 0.05) is 17.8 Å². The highest BCUT2D eigenvalue weighted by molar-refractivity contribution is 9.09. The fourth-order valence-corrected chi connectivity index (χ4v) is 3.35. The third kappa shape index (κ3) is 4.40. The molecule has 18 heavy (non-hydrogen) atoms. The van der Waals surface area contributed by atoms with Gasteiger partial charge in [-0.2, -0.15) is 0 Å². The zero-order valence-corrected chi connectivity index (χ0v) is 12.7. The van der Waals surface area contributed by atoms with Crippen LogP contribution in [-0.4, -0.2) is 29.9 Å². The molecule has 1 nitrogen and oxygen atoms in total. The van der Waals surface area contributed by atoms with Crippen LogP contribution in [0.15, 0.2) is 30.3 Å². The largest absolute Gasteiger partial charge is 0.303 e. The van der Waals surface area contributed by atoms with Crippen LogP contribution in [0.4, 0.5) is 0 Å². The van der Waals surface area contributed by atoms with E-state index >= 15 is 0 Å². The third-order valence-corrected chi connectivity index (χ3v) is 4.67. The van der Waals surface area contributed by atoms with Crippen molar-refractivity contribution in [3.63, 3.8) is 0 Å². The molecule has 1 saturated heterocycles. The van der Waals surface area contributed by atoms with Gasteiger partial charge in [0.25, 0.3) is 0 Å². The van der Waals surface area contributed by atoms with Crippen LogP contribution in [0.3, 0.4) is 0 Å². The Bertz CT molecular complexity index is 317. The molecule has 1 atom stereocenters. The van der Waals surface area contributed by atoms with E-state index in [1.165, 1.54) is 57.3 Å². The molecule has 2 heteroatoms. The van der Waals surface area contributed by atoms with Gasteiger partial charge in [-0.05, 0) is 31.5 Å². The lowest BCUT2D eigenvalue weighted by atomic mass is 9.99. The van der Waals surface area contributed by atoms with E-state index in [9.17, 15) is 0 Å². The number of rotatable bonds is 4. The normalized spacial score (nSPS) is 20.1. The Balaban J connectivity index is 1.92. The van der Waals surface area contributed by atoms with E-state index in [0.717, 1.165) is 5.33 Å². The Morgan fingerprint density at radius 3 is 2.17 bits per heavy atom. The van der Waals surface area contributed by atoms with Gasteiger partial charge in [0.15, 0.2) is 0 Å². The van der Waals surface area contributed by atoms with E-state index in [0.29, 0.717) is 5.92 Å². The molecule has 0 amide bonds. The van der Waals surface area contributed by atoms with Gasteiger partial charge in [0.2, 0.25) is 0 Å². The van der Waals surface area contributed by atoms with E-state index < -0.39 is 0 Å². The van der Waals surface area contributed by atoms with Crippen molar-refractivity contribution in [3.8, 4) is 0 Å². The van der Waals surface area contributed by atoms with Crippen molar-refractivity contribution in [1.82, 2.24) is 4.90 Å². The molecule has 2 rings (SSSR count). The maximum absolute atomic E-state index is 3.69. The van der Waals surface area contributed by atoms with Crippen LogP contribution >= 0.6 is 15.9 Å². The van der Waals surface area contributed by atoms with Crippen molar-refractivity contribution in [2.75, 3.05) is 25.0 Å². The van der Waals surface area contributed by atoms with Crippen LogP contribution in [0.2, 0.25) is 0 Å². The maximum Gasteiger partial charge on any atom is 0.0112 e. The van der Waals surface area contributed by atoms with Gasteiger partial charge in [-0.25, -0.2) is 0 Å². The highest BCUT2D eigenvalue weighted by Gasteiger charge is 2.15. The van der Waals surface area contributed by atoms with Crippen molar-refractivity contribution < 1.29 is 0 Å². The summed E-state index contributed by atoms with van der Waals surface area (Å²) in [5, 5.41) is 1.06. The van der Waals surface area contributed by atoms with Gasteiger partial charge in [-0.3, -0.25) is 0 Å². The van der Waals surface area contributed by atoms with Gasteiger partial charge < -0.3 is 4.90 Å². The van der Waals surface area contributed by atoms with Crippen molar-refractivity contribution in [3.05, 3.63) is 35.9 Å². The molecule has 1 aliphatic rings. The molecule has 100 valence electrons. The minimum absolute atomic E-state index is 0.630. The molecule has 0 N–H and O–H groups in total. The second kappa shape index (κ2) is 7.96. The van der Waals surface area contributed by atoms with E-state index in [1.807, 2.05) is 0 Å². The summed E-state index contributed by atoms with van der Waals surface area (Å²) in [5.74, 6) is 0.630. The number of hydrogen-bond acceptors (Lipinski definition) is 1. The number of hydrogen-bond donors (Lipinski definition) is 0. The summed E-state index contributed by atoms with van der Waals surface area (Å²) >= 11 is 3.69. The van der Waals surface area contributed by atoms with E-state index in [2.05, 4.69) is 51.2 Å². The number of nitrogens with zero attached hydrogens (tertiary/aromatic N) is 1. The Labute approximate surface area is 120 Å². The van der Waals surface area contributed by atoms with Gasteiger partial charge in [0.1, 0.15) is 0 Å². The number of alkyl halides is 1. The lowest BCUT2D eigenvalue weighted by molar-refractivity contribution is 0.238. The van der Waals surface area contributed by atoms with Crippen LogP contribution in [-0.2, 0) is 0 Å². The van der Waals surface area contributed by atoms with E-state index in [-0.39, 0.29) is 0 Å². The molecule has 1 aromatic rings. The predicted octanol–water partition coefficient (Wildman–Crippen LogP) is 4.43. The Morgan fingerprint density at radius 1 is 0.944 bits per heavy atom. The summed E-state index contributed by atoms with van der Waals surface area (Å²) in [7, 11) is 0. The molecule has 1 aliphatic heterocycles. The smallest absolute Gasteiger partial charge is 0.0112 e. The van der Waals surface area contributed by atoms with Crippen molar-refractivity contribution in [2.45, 2.75) is 38.0 Å². The van der Waals surface area contributed by atoms with Crippen LogP contribution in [0.1, 0.15) is 43.6 Å². The molecule has 0 spiro atoms. The molecule has 0 aliphatic carbocycles. The van der Waals surface area contributed by atoms with E-state index in [1.54, 1.807) is 0 Å². The third-order valence-electron chi connectivity index (χ3n) is 3.88.